The van der Waals surface area contributed by atoms with Gasteiger partial charge in [-0.15, -0.1) is 0 Å². The molecule has 0 aliphatic heterocycles. The molecule has 1 aliphatic carbocycles. The smallest absolute Gasteiger partial charge is 0.252 e. The van der Waals surface area contributed by atoms with Gasteiger partial charge in [0.15, 0.2) is 6.29 Å². The predicted molar refractivity (Wildman–Crippen MR) is 63.3 cm³/mol. The number of hydrogen-bond acceptors (Lipinski definition) is 2. The molecule has 6 heteroatoms. The first-order valence-corrected chi connectivity index (χ1v) is 5.88. The summed E-state index contributed by atoms with van der Waals surface area (Å²) in [6.07, 6.45) is 1.99. The lowest BCUT2D eigenvalue weighted by molar-refractivity contribution is -0.103. The van der Waals surface area contributed by atoms with Crippen molar-refractivity contribution in [1.29, 1.82) is 0 Å². The van der Waals surface area contributed by atoms with E-state index in [2.05, 4.69) is 4.98 Å². The Labute approximate surface area is 106 Å². The van der Waals surface area contributed by atoms with Crippen LogP contribution in [-0.4, -0.2) is 21.8 Å². The fraction of sp³-hybridized carbons (Fsp3) is 0.333. The van der Waals surface area contributed by atoms with Crippen LogP contribution >= 0.6 is 11.6 Å². The number of hydrogen-bond donors (Lipinski definition) is 0. The van der Waals surface area contributed by atoms with Gasteiger partial charge >= 0.3 is 0 Å². The molecule has 0 unspecified atom stereocenters. The molecule has 0 radical (unpaired) electrons. The third-order valence-corrected chi connectivity index (χ3v) is 3.47. The second-order valence-corrected chi connectivity index (χ2v) is 4.92. The van der Waals surface area contributed by atoms with E-state index in [9.17, 15) is 13.6 Å². The van der Waals surface area contributed by atoms with Crippen molar-refractivity contribution in [2.24, 2.45) is 0 Å². The van der Waals surface area contributed by atoms with Gasteiger partial charge in [0, 0.05) is 36.0 Å². The quantitative estimate of drug-likeness (QED) is 0.619. The Morgan fingerprint density at radius 2 is 2.22 bits per heavy atom. The fourth-order valence-electron chi connectivity index (χ4n) is 2.34. The van der Waals surface area contributed by atoms with Gasteiger partial charge in [0.05, 0.1) is 0 Å². The fourth-order valence-corrected chi connectivity index (χ4v) is 2.54. The van der Waals surface area contributed by atoms with Crippen LogP contribution in [0.4, 0.5) is 8.78 Å². The Hall–Kier alpha value is -1.49. The first-order valence-electron chi connectivity index (χ1n) is 5.50. The standard InChI is InChI=1S/C12H9ClF2N2O/c13-10-3-7(6-18)9-1-2-17(11(9)16-10)8-4-12(14,15)5-8/h1-3,6,8H,4-5H2. The van der Waals surface area contributed by atoms with E-state index in [1.54, 1.807) is 16.8 Å². The first kappa shape index (κ1) is 11.6. The van der Waals surface area contributed by atoms with Crippen LogP contribution in [0.25, 0.3) is 11.0 Å². The van der Waals surface area contributed by atoms with Crippen LogP contribution in [0.5, 0.6) is 0 Å². The lowest BCUT2D eigenvalue weighted by atomic mass is 9.88. The molecule has 0 saturated heterocycles. The highest BCUT2D eigenvalue weighted by atomic mass is 35.5. The number of carbonyl (C=O) groups excluding carboxylic acids is 1. The van der Waals surface area contributed by atoms with Crippen molar-refractivity contribution in [3.8, 4) is 0 Å². The number of halogens is 3. The number of fused-ring (bicyclic) bond motifs is 1. The Kier molecular flexibility index (Phi) is 2.41. The van der Waals surface area contributed by atoms with E-state index >= 15 is 0 Å². The number of aromatic nitrogens is 2. The molecule has 2 aromatic heterocycles. The number of carbonyl (C=O) groups is 1. The molecule has 3 nitrogen and oxygen atoms in total. The maximum atomic E-state index is 12.9. The second kappa shape index (κ2) is 3.75. The van der Waals surface area contributed by atoms with E-state index in [0.29, 0.717) is 22.9 Å². The molecule has 1 aliphatic rings. The van der Waals surface area contributed by atoms with E-state index in [1.807, 2.05) is 0 Å². The molecule has 94 valence electrons. The lowest BCUT2D eigenvalue weighted by Gasteiger charge is -2.36. The highest BCUT2D eigenvalue weighted by Gasteiger charge is 2.46. The summed E-state index contributed by atoms with van der Waals surface area (Å²) in [4.78, 5) is 15.0. The average Bonchev–Trinajstić information content (AvgIpc) is 2.67. The van der Waals surface area contributed by atoms with Gasteiger partial charge in [-0.25, -0.2) is 13.8 Å². The molecule has 0 N–H and O–H groups in total. The van der Waals surface area contributed by atoms with Crippen LogP contribution in [-0.2, 0) is 0 Å². The second-order valence-electron chi connectivity index (χ2n) is 4.53. The summed E-state index contributed by atoms with van der Waals surface area (Å²) in [6, 6.07) is 2.90. The summed E-state index contributed by atoms with van der Waals surface area (Å²) in [5.74, 6) is -2.59. The van der Waals surface area contributed by atoms with Crippen molar-refractivity contribution in [3.63, 3.8) is 0 Å². The van der Waals surface area contributed by atoms with Crippen molar-refractivity contribution < 1.29 is 13.6 Å². The molecule has 1 saturated carbocycles. The van der Waals surface area contributed by atoms with Gasteiger partial charge in [-0.3, -0.25) is 4.79 Å². The SMILES string of the molecule is O=Cc1cc(Cl)nc2c1ccn2C1CC(F)(F)C1. The number of rotatable bonds is 2. The summed E-state index contributed by atoms with van der Waals surface area (Å²) < 4.78 is 27.5. The van der Waals surface area contributed by atoms with Crippen molar-refractivity contribution in [1.82, 2.24) is 9.55 Å². The molecule has 3 rings (SSSR count). The van der Waals surface area contributed by atoms with Crippen LogP contribution < -0.4 is 0 Å². The molecular formula is C12H9ClF2N2O. The van der Waals surface area contributed by atoms with Gasteiger partial charge in [-0.05, 0) is 12.1 Å². The largest absolute Gasteiger partial charge is 0.329 e. The van der Waals surface area contributed by atoms with E-state index < -0.39 is 5.92 Å². The van der Waals surface area contributed by atoms with E-state index in [4.69, 9.17) is 11.6 Å². The molecule has 0 bridgehead atoms. The highest BCUT2D eigenvalue weighted by molar-refractivity contribution is 6.30. The summed E-state index contributed by atoms with van der Waals surface area (Å²) in [5.41, 5.74) is 0.917. The van der Waals surface area contributed by atoms with Gasteiger partial charge in [0.25, 0.3) is 5.92 Å². The Morgan fingerprint density at radius 1 is 1.50 bits per heavy atom. The van der Waals surface area contributed by atoms with Crippen LogP contribution in [0, 0.1) is 0 Å². The Morgan fingerprint density at radius 3 is 2.83 bits per heavy atom. The minimum Gasteiger partial charge on any atom is -0.329 e. The summed E-state index contributed by atoms with van der Waals surface area (Å²) in [7, 11) is 0. The molecule has 0 aromatic carbocycles. The van der Waals surface area contributed by atoms with Crippen molar-refractivity contribution in [3.05, 3.63) is 29.0 Å². The number of alkyl halides is 2. The summed E-state index contributed by atoms with van der Waals surface area (Å²) >= 11 is 5.82. The monoisotopic (exact) mass is 270 g/mol. The zero-order valence-corrected chi connectivity index (χ0v) is 9.99. The molecule has 0 amide bonds. The molecular weight excluding hydrogens is 262 g/mol. The topological polar surface area (TPSA) is 34.9 Å². The molecule has 0 atom stereocenters. The van der Waals surface area contributed by atoms with Gasteiger partial charge in [0.2, 0.25) is 0 Å². The first-order chi connectivity index (χ1) is 8.50. The number of nitrogens with zero attached hydrogens (tertiary/aromatic N) is 2. The molecule has 2 aromatic rings. The molecule has 1 fully saturated rings. The van der Waals surface area contributed by atoms with Crippen molar-refractivity contribution in [2.75, 3.05) is 0 Å². The van der Waals surface area contributed by atoms with Gasteiger partial charge < -0.3 is 4.57 Å². The Balaban J connectivity index is 2.09. The molecule has 18 heavy (non-hydrogen) atoms. The minimum absolute atomic E-state index is 0.190. The van der Waals surface area contributed by atoms with Gasteiger partial charge in [-0.2, -0.15) is 0 Å². The van der Waals surface area contributed by atoms with E-state index in [1.165, 1.54) is 6.07 Å². The highest BCUT2D eigenvalue weighted by Crippen LogP contribution is 2.46. The zero-order chi connectivity index (χ0) is 12.9. The molecule has 2 heterocycles. The Bertz CT molecular complexity index is 630. The van der Waals surface area contributed by atoms with E-state index in [0.717, 1.165) is 0 Å². The maximum Gasteiger partial charge on any atom is 0.252 e. The summed E-state index contributed by atoms with van der Waals surface area (Å²) in [5, 5.41) is 0.834. The summed E-state index contributed by atoms with van der Waals surface area (Å²) in [6.45, 7) is 0. The predicted octanol–water partition coefficient (Wildman–Crippen LogP) is 3.47. The third-order valence-electron chi connectivity index (χ3n) is 3.27. The molecule has 0 spiro atoms. The van der Waals surface area contributed by atoms with Crippen LogP contribution in [0.3, 0.4) is 0 Å². The van der Waals surface area contributed by atoms with Gasteiger partial charge in [0.1, 0.15) is 10.8 Å². The number of pyridine rings is 1. The number of aldehydes is 1. The normalized spacial score (nSPS) is 18.8. The van der Waals surface area contributed by atoms with Crippen molar-refractivity contribution >= 4 is 28.9 Å². The zero-order valence-electron chi connectivity index (χ0n) is 9.24. The van der Waals surface area contributed by atoms with Crippen LogP contribution in [0.15, 0.2) is 18.3 Å². The third kappa shape index (κ3) is 1.70. The van der Waals surface area contributed by atoms with Crippen LogP contribution in [0.1, 0.15) is 29.2 Å². The van der Waals surface area contributed by atoms with E-state index in [-0.39, 0.29) is 24.0 Å². The minimum atomic E-state index is -2.59. The average molecular weight is 271 g/mol. The van der Waals surface area contributed by atoms with Crippen molar-refractivity contribution in [2.45, 2.75) is 24.8 Å². The van der Waals surface area contributed by atoms with Gasteiger partial charge in [-0.1, -0.05) is 11.6 Å². The maximum absolute atomic E-state index is 12.9. The lowest BCUT2D eigenvalue weighted by Crippen LogP contribution is -2.36. The van der Waals surface area contributed by atoms with Crippen LogP contribution in [0.2, 0.25) is 5.15 Å².